The first-order valence-electron chi connectivity index (χ1n) is 6.79. The smallest absolute Gasteiger partial charge is 0.257 e. The third-order valence-electron chi connectivity index (χ3n) is 2.98. The van der Waals surface area contributed by atoms with Gasteiger partial charge in [0, 0.05) is 20.2 Å². The number of halogens is 1. The minimum atomic E-state index is -0.171. The number of nitrogens with two attached hydrogens (primary N) is 1. The summed E-state index contributed by atoms with van der Waals surface area (Å²) in [4.78, 5) is 20.3. The van der Waals surface area contributed by atoms with Crippen LogP contribution in [-0.4, -0.2) is 68.1 Å². The maximum atomic E-state index is 12.6. The standard InChI is InChI=1S/C14H23ClN4O2/c1-18(2)5-4-6-19(7-8-21-3)14(20)12-9-11(16)10-17-13(12)15/h9-10H,4-8,16H2,1-3H3. The second kappa shape index (κ2) is 8.81. The van der Waals surface area contributed by atoms with Crippen LogP contribution in [0.25, 0.3) is 0 Å². The van der Waals surface area contributed by atoms with Gasteiger partial charge in [-0.05, 0) is 33.1 Å². The van der Waals surface area contributed by atoms with Crippen LogP contribution in [0.1, 0.15) is 16.8 Å². The van der Waals surface area contributed by atoms with Crippen molar-refractivity contribution in [1.82, 2.24) is 14.8 Å². The van der Waals surface area contributed by atoms with E-state index < -0.39 is 0 Å². The highest BCUT2D eigenvalue weighted by atomic mass is 35.5. The van der Waals surface area contributed by atoms with Gasteiger partial charge in [0.2, 0.25) is 0 Å². The highest BCUT2D eigenvalue weighted by molar-refractivity contribution is 6.32. The van der Waals surface area contributed by atoms with Gasteiger partial charge in [-0.25, -0.2) is 4.98 Å². The molecular weight excluding hydrogens is 292 g/mol. The Morgan fingerprint density at radius 3 is 2.71 bits per heavy atom. The molecule has 1 amide bonds. The summed E-state index contributed by atoms with van der Waals surface area (Å²) in [6.07, 6.45) is 2.31. The lowest BCUT2D eigenvalue weighted by Gasteiger charge is -2.23. The normalized spacial score (nSPS) is 10.9. The van der Waals surface area contributed by atoms with Crippen LogP contribution in [0.3, 0.4) is 0 Å². The molecule has 1 rings (SSSR count). The van der Waals surface area contributed by atoms with Crippen molar-refractivity contribution in [2.75, 3.05) is 53.2 Å². The molecule has 0 fully saturated rings. The highest BCUT2D eigenvalue weighted by Gasteiger charge is 2.19. The van der Waals surface area contributed by atoms with Crippen LogP contribution in [0.2, 0.25) is 5.15 Å². The molecule has 0 spiro atoms. The number of anilines is 1. The van der Waals surface area contributed by atoms with Crippen molar-refractivity contribution in [1.29, 1.82) is 0 Å². The molecule has 1 heterocycles. The van der Waals surface area contributed by atoms with Crippen molar-refractivity contribution >= 4 is 23.2 Å². The molecule has 21 heavy (non-hydrogen) atoms. The topological polar surface area (TPSA) is 71.7 Å². The van der Waals surface area contributed by atoms with Crippen LogP contribution < -0.4 is 5.73 Å². The Bertz CT molecular complexity index is 468. The number of rotatable bonds is 8. The van der Waals surface area contributed by atoms with Crippen molar-refractivity contribution in [2.24, 2.45) is 0 Å². The fourth-order valence-electron chi connectivity index (χ4n) is 1.88. The zero-order valence-electron chi connectivity index (χ0n) is 12.8. The lowest BCUT2D eigenvalue weighted by molar-refractivity contribution is 0.0689. The third kappa shape index (κ3) is 5.87. The zero-order chi connectivity index (χ0) is 15.8. The SMILES string of the molecule is COCCN(CCCN(C)C)C(=O)c1cc(N)cnc1Cl. The van der Waals surface area contributed by atoms with E-state index in [1.54, 1.807) is 18.1 Å². The largest absolute Gasteiger partial charge is 0.397 e. The number of amides is 1. The van der Waals surface area contributed by atoms with Gasteiger partial charge in [0.15, 0.2) is 0 Å². The molecule has 7 heteroatoms. The first kappa shape index (κ1) is 17.7. The third-order valence-corrected chi connectivity index (χ3v) is 3.28. The van der Waals surface area contributed by atoms with E-state index in [0.717, 1.165) is 13.0 Å². The molecule has 2 N–H and O–H groups in total. The summed E-state index contributed by atoms with van der Waals surface area (Å²) in [5, 5.41) is 0.171. The van der Waals surface area contributed by atoms with Crippen LogP contribution in [0, 0.1) is 0 Å². The highest BCUT2D eigenvalue weighted by Crippen LogP contribution is 2.18. The van der Waals surface area contributed by atoms with Gasteiger partial charge >= 0.3 is 0 Å². The number of nitrogens with zero attached hydrogens (tertiary/aromatic N) is 3. The summed E-state index contributed by atoms with van der Waals surface area (Å²) in [6.45, 7) is 2.51. The summed E-state index contributed by atoms with van der Waals surface area (Å²) in [5.41, 5.74) is 6.43. The molecule has 0 aliphatic heterocycles. The quantitative estimate of drug-likeness (QED) is 0.734. The van der Waals surface area contributed by atoms with Crippen molar-refractivity contribution in [3.05, 3.63) is 23.0 Å². The molecule has 0 saturated carbocycles. The first-order chi connectivity index (χ1) is 9.95. The molecule has 0 unspecified atom stereocenters. The second-order valence-electron chi connectivity index (χ2n) is 5.05. The van der Waals surface area contributed by atoms with Gasteiger partial charge in [-0.2, -0.15) is 0 Å². The van der Waals surface area contributed by atoms with Gasteiger partial charge in [0.05, 0.1) is 24.1 Å². The Kier molecular flexibility index (Phi) is 7.42. The van der Waals surface area contributed by atoms with E-state index in [-0.39, 0.29) is 11.1 Å². The number of aromatic nitrogens is 1. The van der Waals surface area contributed by atoms with Crippen LogP contribution >= 0.6 is 11.6 Å². The predicted octanol–water partition coefficient (Wildman–Crippen LogP) is 1.36. The van der Waals surface area contributed by atoms with Crippen molar-refractivity contribution in [3.63, 3.8) is 0 Å². The van der Waals surface area contributed by atoms with Gasteiger partial charge in [-0.1, -0.05) is 11.6 Å². The zero-order valence-corrected chi connectivity index (χ0v) is 13.6. The molecular formula is C14H23ClN4O2. The van der Waals surface area contributed by atoms with Crippen LogP contribution in [0.4, 0.5) is 5.69 Å². The van der Waals surface area contributed by atoms with E-state index in [1.807, 2.05) is 14.1 Å². The number of carbonyl (C=O) groups excluding carboxylic acids is 1. The molecule has 1 aromatic heterocycles. The lowest BCUT2D eigenvalue weighted by Crippen LogP contribution is -2.36. The Morgan fingerprint density at radius 1 is 1.38 bits per heavy atom. The second-order valence-corrected chi connectivity index (χ2v) is 5.41. The molecule has 0 aliphatic rings. The number of methoxy groups -OCH3 is 1. The number of hydrogen-bond donors (Lipinski definition) is 1. The average molecular weight is 315 g/mol. The van der Waals surface area contributed by atoms with E-state index >= 15 is 0 Å². The van der Waals surface area contributed by atoms with Crippen molar-refractivity contribution in [2.45, 2.75) is 6.42 Å². The van der Waals surface area contributed by atoms with Gasteiger partial charge < -0.3 is 20.3 Å². The van der Waals surface area contributed by atoms with Gasteiger partial charge in [-0.15, -0.1) is 0 Å². The van der Waals surface area contributed by atoms with E-state index in [9.17, 15) is 4.79 Å². The summed E-state index contributed by atoms with van der Waals surface area (Å²) in [6, 6.07) is 1.56. The van der Waals surface area contributed by atoms with E-state index in [4.69, 9.17) is 22.1 Å². The summed E-state index contributed by atoms with van der Waals surface area (Å²) < 4.78 is 5.06. The summed E-state index contributed by atoms with van der Waals surface area (Å²) in [5.74, 6) is -0.171. The van der Waals surface area contributed by atoms with E-state index in [2.05, 4.69) is 9.88 Å². The molecule has 118 valence electrons. The van der Waals surface area contributed by atoms with Crippen LogP contribution in [0.15, 0.2) is 12.3 Å². The average Bonchev–Trinajstić information content (AvgIpc) is 2.44. The van der Waals surface area contributed by atoms with Crippen LogP contribution in [0.5, 0.6) is 0 Å². The fraction of sp³-hybridized carbons (Fsp3) is 0.571. The number of ether oxygens (including phenoxy) is 1. The predicted molar refractivity (Wildman–Crippen MR) is 84.6 cm³/mol. The van der Waals surface area contributed by atoms with Gasteiger partial charge in [-0.3, -0.25) is 4.79 Å². The maximum absolute atomic E-state index is 12.6. The number of carbonyl (C=O) groups is 1. The van der Waals surface area contributed by atoms with Gasteiger partial charge in [0.1, 0.15) is 5.15 Å². The Labute approximate surface area is 130 Å². The number of nitrogen functional groups attached to an aromatic ring is 1. The Morgan fingerprint density at radius 2 is 2.10 bits per heavy atom. The number of hydrogen-bond acceptors (Lipinski definition) is 5. The first-order valence-corrected chi connectivity index (χ1v) is 7.17. The molecule has 0 radical (unpaired) electrons. The number of pyridine rings is 1. The van der Waals surface area contributed by atoms with Crippen molar-refractivity contribution in [3.8, 4) is 0 Å². The monoisotopic (exact) mass is 314 g/mol. The Balaban J connectivity index is 2.80. The molecule has 0 aliphatic carbocycles. The molecule has 6 nitrogen and oxygen atoms in total. The van der Waals surface area contributed by atoms with Crippen LogP contribution in [-0.2, 0) is 4.74 Å². The summed E-state index contributed by atoms with van der Waals surface area (Å²) >= 11 is 6.00. The summed E-state index contributed by atoms with van der Waals surface area (Å²) in [7, 11) is 5.61. The fourth-order valence-corrected chi connectivity index (χ4v) is 2.06. The van der Waals surface area contributed by atoms with E-state index in [0.29, 0.717) is 30.9 Å². The molecule has 0 aromatic carbocycles. The molecule has 0 atom stereocenters. The Hall–Kier alpha value is -1.37. The molecule has 0 saturated heterocycles. The minimum Gasteiger partial charge on any atom is -0.397 e. The molecule has 0 bridgehead atoms. The minimum absolute atomic E-state index is 0.171. The lowest BCUT2D eigenvalue weighted by atomic mass is 10.2. The van der Waals surface area contributed by atoms with Gasteiger partial charge in [0.25, 0.3) is 5.91 Å². The van der Waals surface area contributed by atoms with Crippen molar-refractivity contribution < 1.29 is 9.53 Å². The van der Waals surface area contributed by atoms with E-state index in [1.165, 1.54) is 6.20 Å². The molecule has 1 aromatic rings. The maximum Gasteiger partial charge on any atom is 0.257 e.